The molecular formula is C21H19ClFN3. The van der Waals surface area contributed by atoms with Gasteiger partial charge < -0.3 is 4.57 Å². The Bertz CT molecular complexity index is 1080. The lowest BCUT2D eigenvalue weighted by Gasteiger charge is -2.11. The van der Waals surface area contributed by atoms with Crippen LogP contribution in [0.2, 0.25) is 5.02 Å². The van der Waals surface area contributed by atoms with Gasteiger partial charge in [-0.05, 0) is 55.0 Å². The summed E-state index contributed by atoms with van der Waals surface area (Å²) in [4.78, 5) is 0. The molecule has 0 spiro atoms. The summed E-state index contributed by atoms with van der Waals surface area (Å²) >= 11 is 6.14. The third-order valence-corrected chi connectivity index (χ3v) is 4.82. The van der Waals surface area contributed by atoms with Crippen LogP contribution < -0.4 is 0 Å². The van der Waals surface area contributed by atoms with Gasteiger partial charge in [0, 0.05) is 29.2 Å². The van der Waals surface area contributed by atoms with Gasteiger partial charge in [-0.2, -0.15) is 5.10 Å². The Kier molecular flexibility index (Phi) is 4.29. The van der Waals surface area contributed by atoms with Gasteiger partial charge in [-0.3, -0.25) is 4.68 Å². The van der Waals surface area contributed by atoms with Crippen LogP contribution in [-0.4, -0.2) is 14.3 Å². The molecular weight excluding hydrogens is 349 g/mol. The van der Waals surface area contributed by atoms with Crippen molar-refractivity contribution in [3.8, 4) is 16.9 Å². The third-order valence-electron chi connectivity index (χ3n) is 4.59. The van der Waals surface area contributed by atoms with Crippen molar-refractivity contribution in [1.82, 2.24) is 14.3 Å². The zero-order valence-electron chi connectivity index (χ0n) is 14.7. The van der Waals surface area contributed by atoms with Crippen molar-refractivity contribution >= 4 is 22.5 Å². The van der Waals surface area contributed by atoms with Crippen LogP contribution in [-0.2, 0) is 13.5 Å². The summed E-state index contributed by atoms with van der Waals surface area (Å²) in [6.45, 7) is 2.14. The molecule has 2 heterocycles. The molecule has 2 aromatic heterocycles. The van der Waals surface area contributed by atoms with E-state index in [4.69, 9.17) is 16.7 Å². The molecule has 26 heavy (non-hydrogen) atoms. The molecule has 0 aliphatic heterocycles. The summed E-state index contributed by atoms with van der Waals surface area (Å²) in [5.74, 6) is -0.243. The van der Waals surface area contributed by atoms with Crippen LogP contribution in [0.5, 0.6) is 0 Å². The summed E-state index contributed by atoms with van der Waals surface area (Å²) in [6.07, 6.45) is 3.92. The van der Waals surface area contributed by atoms with E-state index in [2.05, 4.69) is 17.6 Å². The molecule has 0 atom stereocenters. The fourth-order valence-corrected chi connectivity index (χ4v) is 3.65. The molecule has 0 aliphatic carbocycles. The van der Waals surface area contributed by atoms with Crippen molar-refractivity contribution in [2.24, 2.45) is 7.05 Å². The van der Waals surface area contributed by atoms with E-state index in [-0.39, 0.29) is 5.82 Å². The number of hydrogen-bond donors (Lipinski definition) is 0. The predicted molar refractivity (Wildman–Crippen MR) is 104 cm³/mol. The summed E-state index contributed by atoms with van der Waals surface area (Å²) in [7, 11) is 1.93. The van der Waals surface area contributed by atoms with Crippen molar-refractivity contribution in [3.05, 3.63) is 71.3 Å². The monoisotopic (exact) mass is 367 g/mol. The Labute approximate surface area is 156 Å². The third kappa shape index (κ3) is 2.80. The number of nitrogens with zero attached hydrogens (tertiary/aromatic N) is 3. The average molecular weight is 368 g/mol. The number of aromatic nitrogens is 3. The Morgan fingerprint density at radius 3 is 2.58 bits per heavy atom. The highest BCUT2D eigenvalue weighted by Crippen LogP contribution is 2.33. The van der Waals surface area contributed by atoms with Crippen LogP contribution in [0.1, 0.15) is 19.0 Å². The second kappa shape index (κ2) is 6.61. The fourth-order valence-electron chi connectivity index (χ4n) is 3.47. The largest absolute Gasteiger partial charge is 0.313 e. The van der Waals surface area contributed by atoms with Crippen molar-refractivity contribution in [3.63, 3.8) is 0 Å². The van der Waals surface area contributed by atoms with Gasteiger partial charge in [0.15, 0.2) is 0 Å². The molecule has 0 saturated carbocycles. The van der Waals surface area contributed by atoms with Gasteiger partial charge >= 0.3 is 0 Å². The minimum Gasteiger partial charge on any atom is -0.313 e. The van der Waals surface area contributed by atoms with Crippen LogP contribution in [0.15, 0.2) is 54.7 Å². The van der Waals surface area contributed by atoms with Crippen LogP contribution in [0, 0.1) is 5.82 Å². The molecule has 132 valence electrons. The van der Waals surface area contributed by atoms with Gasteiger partial charge in [0.1, 0.15) is 5.82 Å². The molecule has 0 radical (unpaired) electrons. The van der Waals surface area contributed by atoms with Gasteiger partial charge in [0.2, 0.25) is 0 Å². The van der Waals surface area contributed by atoms with Gasteiger partial charge in [-0.15, -0.1) is 0 Å². The number of benzene rings is 2. The molecule has 0 amide bonds. The van der Waals surface area contributed by atoms with Gasteiger partial charge in [0.25, 0.3) is 0 Å². The van der Waals surface area contributed by atoms with Crippen LogP contribution >= 0.6 is 11.6 Å². The Hall–Kier alpha value is -2.59. The Morgan fingerprint density at radius 1 is 1.08 bits per heavy atom. The molecule has 4 rings (SSSR count). The zero-order chi connectivity index (χ0) is 18.3. The number of fused-ring (bicyclic) bond motifs is 1. The summed E-state index contributed by atoms with van der Waals surface area (Å²) in [5.41, 5.74) is 5.05. The lowest BCUT2D eigenvalue weighted by molar-refractivity contribution is 0.628. The normalized spacial score (nSPS) is 11.4. The lowest BCUT2D eigenvalue weighted by atomic mass is 10.1. The maximum absolute atomic E-state index is 13.4. The Morgan fingerprint density at radius 2 is 1.85 bits per heavy atom. The molecule has 0 bridgehead atoms. The minimum atomic E-state index is -0.243. The van der Waals surface area contributed by atoms with E-state index in [0.29, 0.717) is 5.02 Å². The number of rotatable bonds is 4. The summed E-state index contributed by atoms with van der Waals surface area (Å²) in [5, 5.41) is 6.55. The van der Waals surface area contributed by atoms with E-state index in [0.717, 1.165) is 46.4 Å². The smallest absolute Gasteiger partial charge is 0.123 e. The molecule has 2 aromatic carbocycles. The fraction of sp³-hybridized carbons (Fsp3) is 0.190. The minimum absolute atomic E-state index is 0.243. The second-order valence-electron chi connectivity index (χ2n) is 6.41. The van der Waals surface area contributed by atoms with Crippen molar-refractivity contribution in [2.45, 2.75) is 19.8 Å². The van der Waals surface area contributed by atoms with Gasteiger partial charge in [-0.25, -0.2) is 4.39 Å². The predicted octanol–water partition coefficient (Wildman–Crippen LogP) is 5.78. The lowest BCUT2D eigenvalue weighted by Crippen LogP contribution is -1.99. The first-order valence-corrected chi connectivity index (χ1v) is 9.05. The molecule has 0 saturated heterocycles. The Balaban J connectivity index is 2.00. The average Bonchev–Trinajstić information content (AvgIpc) is 3.16. The maximum Gasteiger partial charge on any atom is 0.123 e. The summed E-state index contributed by atoms with van der Waals surface area (Å²) in [6, 6.07) is 14.5. The maximum atomic E-state index is 13.4. The molecule has 0 unspecified atom stereocenters. The number of halogens is 2. The van der Waals surface area contributed by atoms with Crippen LogP contribution in [0.3, 0.4) is 0 Å². The molecule has 5 heteroatoms. The first kappa shape index (κ1) is 16.9. The highest BCUT2D eigenvalue weighted by molar-refractivity contribution is 6.31. The number of aryl methyl sites for hydroxylation is 2. The quantitative estimate of drug-likeness (QED) is 0.448. The van der Waals surface area contributed by atoms with E-state index in [9.17, 15) is 4.39 Å². The van der Waals surface area contributed by atoms with Crippen molar-refractivity contribution < 1.29 is 4.39 Å². The molecule has 3 nitrogen and oxygen atoms in total. The van der Waals surface area contributed by atoms with E-state index < -0.39 is 0 Å². The first-order chi connectivity index (χ1) is 12.6. The van der Waals surface area contributed by atoms with Crippen molar-refractivity contribution in [2.75, 3.05) is 0 Å². The first-order valence-electron chi connectivity index (χ1n) is 8.67. The second-order valence-corrected chi connectivity index (χ2v) is 6.85. The number of hydrogen-bond acceptors (Lipinski definition) is 1. The molecule has 4 aromatic rings. The molecule has 0 fully saturated rings. The SMILES string of the molecule is CCCc1nn(C)c(-c2ccc(F)cc2)c1-n1ccc2cc(Cl)ccc21. The topological polar surface area (TPSA) is 22.8 Å². The van der Waals surface area contributed by atoms with E-state index in [1.54, 1.807) is 12.1 Å². The van der Waals surface area contributed by atoms with E-state index >= 15 is 0 Å². The highest BCUT2D eigenvalue weighted by Gasteiger charge is 2.20. The molecule has 0 N–H and O–H groups in total. The molecule has 0 aliphatic rings. The highest BCUT2D eigenvalue weighted by atomic mass is 35.5. The zero-order valence-corrected chi connectivity index (χ0v) is 15.5. The van der Waals surface area contributed by atoms with E-state index in [1.807, 2.05) is 36.1 Å². The van der Waals surface area contributed by atoms with Crippen molar-refractivity contribution in [1.29, 1.82) is 0 Å². The van der Waals surface area contributed by atoms with Gasteiger partial charge in [0.05, 0.1) is 22.6 Å². The van der Waals surface area contributed by atoms with Crippen LogP contribution in [0.4, 0.5) is 4.39 Å². The van der Waals surface area contributed by atoms with Gasteiger partial charge in [-0.1, -0.05) is 24.9 Å². The summed E-state index contributed by atoms with van der Waals surface area (Å²) < 4.78 is 17.4. The van der Waals surface area contributed by atoms with E-state index in [1.165, 1.54) is 12.1 Å². The van der Waals surface area contributed by atoms with Crippen LogP contribution in [0.25, 0.3) is 27.8 Å². The standard InChI is InChI=1S/C21H19ClFN3/c1-3-4-18-21(26-12-11-15-13-16(22)7-10-19(15)26)20(25(2)24-18)14-5-8-17(23)9-6-14/h5-13H,3-4H2,1-2H3.